The zero-order valence-corrected chi connectivity index (χ0v) is 12.8. The first-order valence-corrected chi connectivity index (χ1v) is 7.17. The van der Waals surface area contributed by atoms with Gasteiger partial charge in [0.1, 0.15) is 11.5 Å². The number of halogens is 3. The van der Waals surface area contributed by atoms with Crippen molar-refractivity contribution < 1.29 is 27.4 Å². The first-order chi connectivity index (χ1) is 11.3. The number of alkyl halides is 3. The van der Waals surface area contributed by atoms with Crippen LogP contribution in [0, 0.1) is 0 Å². The largest absolute Gasteiger partial charge is 0.573 e. The molecule has 1 N–H and O–H groups in total. The van der Waals surface area contributed by atoms with Crippen LogP contribution in [0.1, 0.15) is 12.5 Å². The summed E-state index contributed by atoms with van der Waals surface area (Å²) in [6, 6.07) is 14.2. The minimum absolute atomic E-state index is 0.174. The molecule has 0 saturated heterocycles. The van der Waals surface area contributed by atoms with Crippen molar-refractivity contribution >= 4 is 5.91 Å². The topological polar surface area (TPSA) is 47.6 Å². The Bertz CT molecular complexity index is 657. The van der Waals surface area contributed by atoms with Gasteiger partial charge in [-0.25, -0.2) is 0 Å². The average Bonchev–Trinajstić information content (AvgIpc) is 2.53. The van der Waals surface area contributed by atoms with Crippen molar-refractivity contribution in [1.82, 2.24) is 5.32 Å². The molecule has 0 radical (unpaired) electrons. The molecule has 1 atom stereocenters. The van der Waals surface area contributed by atoms with E-state index in [1.54, 1.807) is 31.2 Å². The van der Waals surface area contributed by atoms with Gasteiger partial charge in [0.25, 0.3) is 5.91 Å². The lowest BCUT2D eigenvalue weighted by molar-refractivity contribution is -0.274. The number of ether oxygens (including phenoxy) is 2. The Balaban J connectivity index is 1.83. The van der Waals surface area contributed by atoms with Crippen molar-refractivity contribution in [3.63, 3.8) is 0 Å². The predicted molar refractivity (Wildman–Crippen MR) is 81.5 cm³/mol. The van der Waals surface area contributed by atoms with Crippen molar-refractivity contribution in [2.75, 3.05) is 0 Å². The van der Waals surface area contributed by atoms with Gasteiger partial charge in [-0.1, -0.05) is 30.3 Å². The second kappa shape index (κ2) is 7.72. The molecule has 4 nitrogen and oxygen atoms in total. The van der Waals surface area contributed by atoms with Gasteiger partial charge in [-0.05, 0) is 36.8 Å². The smallest absolute Gasteiger partial charge is 0.481 e. The van der Waals surface area contributed by atoms with Gasteiger partial charge in [-0.15, -0.1) is 13.2 Å². The lowest BCUT2D eigenvalue weighted by Gasteiger charge is -2.15. The minimum Gasteiger partial charge on any atom is -0.481 e. The van der Waals surface area contributed by atoms with E-state index in [1.165, 1.54) is 24.3 Å². The van der Waals surface area contributed by atoms with E-state index in [-0.39, 0.29) is 18.2 Å². The van der Waals surface area contributed by atoms with Crippen LogP contribution in [0.15, 0.2) is 54.6 Å². The Hall–Kier alpha value is -2.70. The number of para-hydroxylation sites is 1. The predicted octanol–water partition coefficient (Wildman–Crippen LogP) is 3.67. The maximum atomic E-state index is 12.1. The Morgan fingerprint density at radius 3 is 2.25 bits per heavy atom. The maximum Gasteiger partial charge on any atom is 0.573 e. The molecule has 0 bridgehead atoms. The van der Waals surface area contributed by atoms with Gasteiger partial charge in [-0.2, -0.15) is 0 Å². The van der Waals surface area contributed by atoms with Gasteiger partial charge < -0.3 is 14.8 Å². The summed E-state index contributed by atoms with van der Waals surface area (Å²) in [5.74, 6) is -0.0540. The summed E-state index contributed by atoms with van der Waals surface area (Å²) in [5.41, 5.74) is 0.643. The van der Waals surface area contributed by atoms with Crippen molar-refractivity contribution in [1.29, 1.82) is 0 Å². The van der Waals surface area contributed by atoms with Crippen LogP contribution < -0.4 is 14.8 Å². The lowest BCUT2D eigenvalue weighted by Crippen LogP contribution is -2.35. The zero-order valence-electron chi connectivity index (χ0n) is 12.8. The number of hydrogen-bond acceptors (Lipinski definition) is 3. The lowest BCUT2D eigenvalue weighted by atomic mass is 10.2. The summed E-state index contributed by atoms with van der Waals surface area (Å²) >= 11 is 0. The second-order valence-electron chi connectivity index (χ2n) is 4.98. The quantitative estimate of drug-likeness (QED) is 0.874. The molecule has 0 aliphatic rings. The Kier molecular flexibility index (Phi) is 5.68. The molecule has 1 unspecified atom stereocenters. The van der Waals surface area contributed by atoms with Gasteiger partial charge in [0.05, 0.1) is 0 Å². The monoisotopic (exact) mass is 339 g/mol. The fourth-order valence-electron chi connectivity index (χ4n) is 1.90. The number of hydrogen-bond donors (Lipinski definition) is 1. The van der Waals surface area contributed by atoms with E-state index in [0.29, 0.717) is 11.3 Å². The van der Waals surface area contributed by atoms with E-state index in [9.17, 15) is 18.0 Å². The van der Waals surface area contributed by atoms with E-state index >= 15 is 0 Å². The van der Waals surface area contributed by atoms with E-state index in [0.717, 1.165) is 0 Å². The van der Waals surface area contributed by atoms with E-state index in [1.807, 2.05) is 6.07 Å². The molecule has 0 spiro atoms. The standard InChI is InChI=1S/C17H16F3NO3/c1-12(23-14-5-3-2-4-6-14)16(22)21-11-13-7-9-15(10-8-13)24-17(18,19)20/h2-10,12H,11H2,1H3,(H,21,22). The number of nitrogens with one attached hydrogen (secondary N) is 1. The molecule has 2 aromatic carbocycles. The molecule has 2 rings (SSSR count). The fraction of sp³-hybridized carbons (Fsp3) is 0.235. The summed E-state index contributed by atoms with van der Waals surface area (Å²) in [6.45, 7) is 1.79. The molecule has 1 amide bonds. The first kappa shape index (κ1) is 17.7. The summed E-state index contributed by atoms with van der Waals surface area (Å²) in [4.78, 5) is 12.0. The van der Waals surface area contributed by atoms with Gasteiger partial charge in [0, 0.05) is 6.54 Å². The van der Waals surface area contributed by atoms with Gasteiger partial charge in [0.15, 0.2) is 6.10 Å². The molecule has 0 fully saturated rings. The van der Waals surface area contributed by atoms with Crippen molar-refractivity contribution in [2.45, 2.75) is 25.9 Å². The van der Waals surface area contributed by atoms with Gasteiger partial charge >= 0.3 is 6.36 Å². The van der Waals surface area contributed by atoms with E-state index < -0.39 is 12.5 Å². The number of rotatable bonds is 6. The summed E-state index contributed by atoms with van der Waals surface area (Å²) in [6.07, 6.45) is -5.42. The molecular weight excluding hydrogens is 323 g/mol. The van der Waals surface area contributed by atoms with Crippen LogP contribution in [-0.2, 0) is 11.3 Å². The molecule has 0 saturated carbocycles. The molecular formula is C17H16F3NO3. The normalized spacial score (nSPS) is 12.3. The molecule has 24 heavy (non-hydrogen) atoms. The van der Waals surface area contributed by atoms with Crippen LogP contribution in [-0.4, -0.2) is 18.4 Å². The Morgan fingerprint density at radius 2 is 1.67 bits per heavy atom. The first-order valence-electron chi connectivity index (χ1n) is 7.17. The van der Waals surface area contributed by atoms with Crippen LogP contribution in [0.25, 0.3) is 0 Å². The molecule has 0 heterocycles. The third-order valence-electron chi connectivity index (χ3n) is 3.05. The van der Waals surface area contributed by atoms with Crippen LogP contribution in [0.4, 0.5) is 13.2 Å². The van der Waals surface area contributed by atoms with Gasteiger partial charge in [-0.3, -0.25) is 4.79 Å². The minimum atomic E-state index is -4.72. The number of benzene rings is 2. The highest BCUT2D eigenvalue weighted by Crippen LogP contribution is 2.22. The highest BCUT2D eigenvalue weighted by Gasteiger charge is 2.30. The second-order valence-corrected chi connectivity index (χ2v) is 4.98. The molecule has 128 valence electrons. The van der Waals surface area contributed by atoms with Crippen molar-refractivity contribution in [3.8, 4) is 11.5 Å². The van der Waals surface area contributed by atoms with E-state index in [4.69, 9.17) is 4.74 Å². The maximum absolute atomic E-state index is 12.1. The average molecular weight is 339 g/mol. The molecule has 7 heteroatoms. The SMILES string of the molecule is CC(Oc1ccccc1)C(=O)NCc1ccc(OC(F)(F)F)cc1. The molecule has 0 aliphatic carbocycles. The number of amides is 1. The fourth-order valence-corrected chi connectivity index (χ4v) is 1.90. The summed E-state index contributed by atoms with van der Waals surface area (Å²) < 4.78 is 45.5. The number of carbonyl (C=O) groups is 1. The van der Waals surface area contributed by atoms with Gasteiger partial charge in [0.2, 0.25) is 0 Å². The van der Waals surface area contributed by atoms with Crippen molar-refractivity contribution in [3.05, 3.63) is 60.2 Å². The number of carbonyl (C=O) groups excluding carboxylic acids is 1. The van der Waals surface area contributed by atoms with Crippen LogP contribution in [0.5, 0.6) is 11.5 Å². The molecule has 0 aromatic heterocycles. The third-order valence-corrected chi connectivity index (χ3v) is 3.05. The van der Waals surface area contributed by atoms with E-state index in [2.05, 4.69) is 10.1 Å². The Morgan fingerprint density at radius 1 is 1.04 bits per heavy atom. The third kappa shape index (κ3) is 5.83. The highest BCUT2D eigenvalue weighted by molar-refractivity contribution is 5.80. The molecule has 0 aliphatic heterocycles. The highest BCUT2D eigenvalue weighted by atomic mass is 19.4. The molecule has 2 aromatic rings. The van der Waals surface area contributed by atoms with Crippen LogP contribution in [0.3, 0.4) is 0 Å². The summed E-state index contributed by atoms with van der Waals surface area (Å²) in [7, 11) is 0. The zero-order chi connectivity index (χ0) is 17.6. The summed E-state index contributed by atoms with van der Waals surface area (Å²) in [5, 5.41) is 2.66. The van der Waals surface area contributed by atoms with Crippen LogP contribution >= 0.6 is 0 Å². The Labute approximate surface area is 137 Å². The van der Waals surface area contributed by atoms with Crippen molar-refractivity contribution in [2.24, 2.45) is 0 Å². The van der Waals surface area contributed by atoms with Crippen LogP contribution in [0.2, 0.25) is 0 Å².